The predicted octanol–water partition coefficient (Wildman–Crippen LogP) is 3.74. The van der Waals surface area contributed by atoms with Crippen LogP contribution in [0.25, 0.3) is 6.08 Å². The van der Waals surface area contributed by atoms with Crippen molar-refractivity contribution < 1.29 is 14.3 Å². The first-order valence-electron chi connectivity index (χ1n) is 7.78. The lowest BCUT2D eigenvalue weighted by molar-refractivity contribution is -0.138. The van der Waals surface area contributed by atoms with E-state index in [2.05, 4.69) is 11.9 Å². The third-order valence-electron chi connectivity index (χ3n) is 3.19. The first-order chi connectivity index (χ1) is 12.2. The van der Waals surface area contributed by atoms with Crippen LogP contribution in [0.2, 0.25) is 0 Å². The summed E-state index contributed by atoms with van der Waals surface area (Å²) in [6.45, 7) is 3.57. The summed E-state index contributed by atoms with van der Waals surface area (Å²) in [7, 11) is 0. The van der Waals surface area contributed by atoms with Gasteiger partial charge in [-0.15, -0.1) is 0 Å². The summed E-state index contributed by atoms with van der Waals surface area (Å²) < 4.78 is 5.02. The van der Waals surface area contributed by atoms with Crippen LogP contribution < -0.4 is 5.32 Å². The third-order valence-corrected chi connectivity index (χ3v) is 3.19. The maximum Gasteiger partial charge on any atom is 0.355 e. The second-order valence-corrected chi connectivity index (χ2v) is 5.06. The molecule has 0 aromatic heterocycles. The second kappa shape index (κ2) is 9.67. The summed E-state index contributed by atoms with van der Waals surface area (Å²) in [5, 5.41) is 2.59. The molecule has 0 aliphatic carbocycles. The van der Waals surface area contributed by atoms with Gasteiger partial charge in [0.25, 0.3) is 5.91 Å². The Morgan fingerprint density at radius 2 is 1.64 bits per heavy atom. The van der Waals surface area contributed by atoms with Gasteiger partial charge in [-0.25, -0.2) is 4.79 Å². The lowest BCUT2D eigenvalue weighted by atomic mass is 10.2. The molecule has 4 nitrogen and oxygen atoms in total. The highest BCUT2D eigenvalue weighted by molar-refractivity contribution is 6.01. The summed E-state index contributed by atoms with van der Waals surface area (Å²) in [5.41, 5.74) is 1.49. The molecule has 0 saturated carbocycles. The molecule has 0 atom stereocenters. The van der Waals surface area contributed by atoms with E-state index in [1.807, 2.05) is 42.5 Å². The summed E-state index contributed by atoms with van der Waals surface area (Å²) in [5.74, 6) is -1.00. The average molecular weight is 333 g/mol. The molecule has 0 radical (unpaired) electrons. The van der Waals surface area contributed by atoms with Gasteiger partial charge in [-0.05, 0) is 23.8 Å². The van der Waals surface area contributed by atoms with Crippen LogP contribution in [0.5, 0.6) is 0 Å². The van der Waals surface area contributed by atoms with Crippen LogP contribution in [0, 0.1) is 0 Å². The zero-order valence-electron chi connectivity index (χ0n) is 13.7. The van der Waals surface area contributed by atoms with Gasteiger partial charge in [0.15, 0.2) is 0 Å². The Hall–Kier alpha value is -3.40. The van der Waals surface area contributed by atoms with Crippen molar-refractivity contribution >= 4 is 18.0 Å². The number of esters is 1. The maximum atomic E-state index is 12.3. The Balaban J connectivity index is 2.16. The van der Waals surface area contributed by atoms with Crippen LogP contribution in [0.15, 0.2) is 91.2 Å². The van der Waals surface area contributed by atoms with Crippen molar-refractivity contribution in [3.05, 3.63) is 102 Å². The Kier molecular flexibility index (Phi) is 6.95. The first-order valence-corrected chi connectivity index (χ1v) is 7.78. The zero-order valence-corrected chi connectivity index (χ0v) is 13.7. The van der Waals surface area contributed by atoms with E-state index in [9.17, 15) is 9.59 Å². The average Bonchev–Trinajstić information content (AvgIpc) is 2.66. The molecule has 0 aliphatic rings. The van der Waals surface area contributed by atoms with Crippen molar-refractivity contribution in [1.82, 2.24) is 5.32 Å². The Bertz CT molecular complexity index is 777. The highest BCUT2D eigenvalue weighted by Gasteiger charge is 2.14. The summed E-state index contributed by atoms with van der Waals surface area (Å²) in [4.78, 5) is 24.4. The van der Waals surface area contributed by atoms with Crippen molar-refractivity contribution in [1.29, 1.82) is 0 Å². The molecule has 0 fully saturated rings. The molecule has 0 bridgehead atoms. The lowest BCUT2D eigenvalue weighted by Crippen LogP contribution is -2.28. The van der Waals surface area contributed by atoms with Crippen molar-refractivity contribution in [3.63, 3.8) is 0 Å². The van der Waals surface area contributed by atoms with Gasteiger partial charge in [0.2, 0.25) is 0 Å². The molecule has 4 heteroatoms. The van der Waals surface area contributed by atoms with Crippen LogP contribution in [-0.4, -0.2) is 18.5 Å². The molecule has 126 valence electrons. The number of carbonyl (C=O) groups excluding carboxylic acids is 2. The van der Waals surface area contributed by atoms with E-state index >= 15 is 0 Å². The van der Waals surface area contributed by atoms with Gasteiger partial charge in [-0.3, -0.25) is 4.79 Å². The number of hydrogen-bond acceptors (Lipinski definition) is 3. The molecular formula is C21H19NO3. The van der Waals surface area contributed by atoms with Crippen LogP contribution in [0.4, 0.5) is 0 Å². The van der Waals surface area contributed by atoms with Gasteiger partial charge in [0.05, 0.1) is 0 Å². The number of rotatable bonds is 7. The van der Waals surface area contributed by atoms with Crippen LogP contribution in [-0.2, 0) is 9.53 Å². The standard InChI is InChI=1S/C21H19NO3/c1-2-16-25-21(24)19(15-9-12-17-10-5-3-6-11-17)22-20(23)18-13-7-4-8-14-18/h2-15H,1,16H2,(H,22,23). The van der Waals surface area contributed by atoms with Gasteiger partial charge in [-0.1, -0.05) is 73.3 Å². The Labute approximate surface area is 147 Å². The predicted molar refractivity (Wildman–Crippen MR) is 98.6 cm³/mol. The normalized spacial score (nSPS) is 11.1. The minimum Gasteiger partial charge on any atom is -0.457 e. The summed E-state index contributed by atoms with van der Waals surface area (Å²) in [6.07, 6.45) is 6.49. The highest BCUT2D eigenvalue weighted by atomic mass is 16.5. The van der Waals surface area contributed by atoms with E-state index < -0.39 is 5.97 Å². The molecule has 1 N–H and O–H groups in total. The van der Waals surface area contributed by atoms with E-state index in [1.165, 1.54) is 12.2 Å². The molecule has 0 spiro atoms. The molecule has 0 unspecified atom stereocenters. The Morgan fingerprint density at radius 1 is 1.00 bits per heavy atom. The SMILES string of the molecule is C=CCOC(=O)C(=CC=Cc1ccccc1)NC(=O)c1ccccc1. The number of nitrogens with one attached hydrogen (secondary N) is 1. The summed E-state index contributed by atoms with van der Waals surface area (Å²) >= 11 is 0. The van der Waals surface area contributed by atoms with E-state index in [4.69, 9.17) is 4.74 Å². The van der Waals surface area contributed by atoms with Crippen molar-refractivity contribution in [2.75, 3.05) is 6.61 Å². The molecule has 1 amide bonds. The van der Waals surface area contributed by atoms with Crippen LogP contribution in [0.3, 0.4) is 0 Å². The number of carbonyl (C=O) groups is 2. The van der Waals surface area contributed by atoms with Gasteiger partial charge in [-0.2, -0.15) is 0 Å². The first kappa shape index (κ1) is 17.9. The molecule has 25 heavy (non-hydrogen) atoms. The minimum atomic E-state index is -0.623. The highest BCUT2D eigenvalue weighted by Crippen LogP contribution is 2.05. The number of allylic oxidation sites excluding steroid dienone is 2. The molecule has 2 aromatic carbocycles. The van der Waals surface area contributed by atoms with E-state index in [-0.39, 0.29) is 18.2 Å². The number of benzene rings is 2. The van der Waals surface area contributed by atoms with Crippen LogP contribution in [0.1, 0.15) is 15.9 Å². The van der Waals surface area contributed by atoms with E-state index in [1.54, 1.807) is 30.3 Å². The molecule has 0 saturated heterocycles. The fourth-order valence-corrected chi connectivity index (χ4v) is 1.98. The fraction of sp³-hybridized carbons (Fsp3) is 0.0476. The van der Waals surface area contributed by atoms with Crippen molar-refractivity contribution in [2.45, 2.75) is 0 Å². The second-order valence-electron chi connectivity index (χ2n) is 5.06. The molecule has 0 aliphatic heterocycles. The quantitative estimate of drug-likeness (QED) is 0.363. The smallest absolute Gasteiger partial charge is 0.355 e. The molecular weight excluding hydrogens is 314 g/mol. The third kappa shape index (κ3) is 5.95. The Morgan fingerprint density at radius 3 is 2.28 bits per heavy atom. The largest absolute Gasteiger partial charge is 0.457 e. The van der Waals surface area contributed by atoms with Crippen molar-refractivity contribution in [3.8, 4) is 0 Å². The van der Waals surface area contributed by atoms with Gasteiger partial charge < -0.3 is 10.1 Å². The van der Waals surface area contributed by atoms with Gasteiger partial charge in [0, 0.05) is 5.56 Å². The monoisotopic (exact) mass is 333 g/mol. The van der Waals surface area contributed by atoms with Gasteiger partial charge in [0.1, 0.15) is 12.3 Å². The lowest BCUT2D eigenvalue weighted by Gasteiger charge is -2.08. The molecule has 0 heterocycles. The van der Waals surface area contributed by atoms with Gasteiger partial charge >= 0.3 is 5.97 Å². The molecule has 2 rings (SSSR count). The number of ether oxygens (including phenoxy) is 1. The number of hydrogen-bond donors (Lipinski definition) is 1. The van der Waals surface area contributed by atoms with E-state index in [0.717, 1.165) is 5.56 Å². The number of amides is 1. The fourth-order valence-electron chi connectivity index (χ4n) is 1.98. The van der Waals surface area contributed by atoms with Crippen molar-refractivity contribution in [2.24, 2.45) is 0 Å². The van der Waals surface area contributed by atoms with Crippen LogP contribution >= 0.6 is 0 Å². The summed E-state index contributed by atoms with van der Waals surface area (Å²) in [6, 6.07) is 18.3. The molecule has 2 aromatic rings. The topological polar surface area (TPSA) is 55.4 Å². The maximum absolute atomic E-state index is 12.3. The minimum absolute atomic E-state index is 0.0582. The zero-order chi connectivity index (χ0) is 17.9. The van der Waals surface area contributed by atoms with E-state index in [0.29, 0.717) is 5.56 Å².